The van der Waals surface area contributed by atoms with Crippen molar-refractivity contribution in [1.82, 2.24) is 0 Å². The van der Waals surface area contributed by atoms with Crippen LogP contribution in [0, 0.1) is 29.1 Å². The van der Waals surface area contributed by atoms with Gasteiger partial charge >= 0.3 is 0 Å². The van der Waals surface area contributed by atoms with Gasteiger partial charge in [0, 0.05) is 12.8 Å². The lowest BCUT2D eigenvalue weighted by atomic mass is 9.50. The second-order valence-corrected chi connectivity index (χ2v) is 10.9. The highest BCUT2D eigenvalue weighted by molar-refractivity contribution is 5.35. The molecule has 1 heterocycles. The van der Waals surface area contributed by atoms with Gasteiger partial charge in [-0.2, -0.15) is 0 Å². The molecule has 5 aliphatic rings. The number of methoxy groups -OCH3 is 1. The van der Waals surface area contributed by atoms with E-state index >= 15 is 0 Å². The van der Waals surface area contributed by atoms with Gasteiger partial charge in [-0.05, 0) is 84.8 Å². The Kier molecular flexibility index (Phi) is 4.58. The number of hydrogen-bond acceptors (Lipinski definition) is 3. The smallest absolute Gasteiger partial charge is 0.172 e. The van der Waals surface area contributed by atoms with Crippen LogP contribution in [-0.2, 0) is 9.47 Å². The molecule has 3 nitrogen and oxygen atoms in total. The molecule has 1 aromatic rings. The van der Waals surface area contributed by atoms with Gasteiger partial charge in [0.1, 0.15) is 5.75 Å². The summed E-state index contributed by atoms with van der Waals surface area (Å²) in [6, 6.07) is 8.85. The van der Waals surface area contributed by atoms with Crippen LogP contribution in [-0.4, -0.2) is 26.1 Å². The van der Waals surface area contributed by atoms with Crippen molar-refractivity contribution in [2.75, 3.05) is 20.3 Å². The molecule has 6 atom stereocenters. The van der Waals surface area contributed by atoms with Gasteiger partial charge in [-0.25, -0.2) is 0 Å². The number of ether oxygens (including phenoxy) is 3. The largest absolute Gasteiger partial charge is 0.497 e. The monoisotopic (exact) mass is 408 g/mol. The van der Waals surface area contributed by atoms with E-state index in [2.05, 4.69) is 37.3 Å². The first-order valence-electron chi connectivity index (χ1n) is 12.2. The third-order valence-corrected chi connectivity index (χ3v) is 9.61. The maximum absolute atomic E-state index is 6.26. The van der Waals surface area contributed by atoms with Crippen LogP contribution in [0.5, 0.6) is 5.75 Å². The summed E-state index contributed by atoms with van der Waals surface area (Å²) in [5.74, 6) is 4.31. The fourth-order valence-corrected chi connectivity index (χ4v) is 8.28. The topological polar surface area (TPSA) is 27.7 Å². The van der Waals surface area contributed by atoms with Crippen molar-refractivity contribution in [3.8, 4) is 5.75 Å². The average Bonchev–Trinajstić information content (AvgIpc) is 3.39. The molecule has 0 bridgehead atoms. The molecule has 0 radical (unpaired) electrons. The molecule has 0 amide bonds. The summed E-state index contributed by atoms with van der Waals surface area (Å²) in [4.78, 5) is 0. The van der Waals surface area contributed by atoms with Gasteiger partial charge in [-0.15, -0.1) is 0 Å². The van der Waals surface area contributed by atoms with E-state index in [1.807, 2.05) is 0 Å². The minimum atomic E-state index is -0.393. The van der Waals surface area contributed by atoms with E-state index in [0.29, 0.717) is 17.3 Å². The second kappa shape index (κ2) is 7.10. The normalized spacial score (nSPS) is 41.7. The summed E-state index contributed by atoms with van der Waals surface area (Å²) in [7, 11) is 1.75. The number of allylic oxidation sites excluding steroid dienone is 1. The van der Waals surface area contributed by atoms with Crippen LogP contribution in [0.2, 0.25) is 0 Å². The maximum Gasteiger partial charge on any atom is 0.172 e. The SMILES string of the molecule is COc1ccc([C@@H]2CC3(CC4=CC[C@@H]5[C@H](CC[C@]6(C)CCC[C@@H]56)[C@H]42)OCCO3)cc1. The van der Waals surface area contributed by atoms with Crippen LogP contribution in [0.4, 0.5) is 0 Å². The predicted molar refractivity (Wildman–Crippen MR) is 117 cm³/mol. The zero-order valence-corrected chi connectivity index (χ0v) is 18.6. The summed E-state index contributed by atoms with van der Waals surface area (Å²) in [6.07, 6.45) is 13.1. The van der Waals surface area contributed by atoms with Crippen molar-refractivity contribution in [2.24, 2.45) is 29.1 Å². The number of rotatable bonds is 2. The number of hydrogen-bond donors (Lipinski definition) is 0. The number of fused-ring (bicyclic) bond motifs is 5. The highest BCUT2D eigenvalue weighted by Gasteiger charge is 2.56. The molecule has 1 aromatic carbocycles. The Bertz CT molecular complexity index is 821. The summed E-state index contributed by atoms with van der Waals surface area (Å²) in [5, 5.41) is 0. The molecule has 30 heavy (non-hydrogen) atoms. The molecule has 3 saturated carbocycles. The zero-order valence-electron chi connectivity index (χ0n) is 18.6. The molecule has 0 unspecified atom stereocenters. The Labute approximate surface area is 181 Å². The number of benzene rings is 1. The average molecular weight is 409 g/mol. The van der Waals surface area contributed by atoms with Crippen LogP contribution in [0.1, 0.15) is 69.8 Å². The van der Waals surface area contributed by atoms with Gasteiger partial charge in [0.2, 0.25) is 0 Å². The zero-order chi connectivity index (χ0) is 20.3. The van der Waals surface area contributed by atoms with Crippen molar-refractivity contribution in [2.45, 2.75) is 70.0 Å². The molecule has 0 aromatic heterocycles. The van der Waals surface area contributed by atoms with Gasteiger partial charge in [-0.3, -0.25) is 0 Å². The van der Waals surface area contributed by atoms with Gasteiger partial charge in [0.25, 0.3) is 0 Å². The molecule has 1 saturated heterocycles. The van der Waals surface area contributed by atoms with E-state index in [9.17, 15) is 0 Å². The van der Waals surface area contributed by atoms with Crippen molar-refractivity contribution < 1.29 is 14.2 Å². The lowest BCUT2D eigenvalue weighted by Gasteiger charge is -2.55. The van der Waals surface area contributed by atoms with Gasteiger partial charge in [0.05, 0.1) is 20.3 Å². The summed E-state index contributed by atoms with van der Waals surface area (Å²) in [6.45, 7) is 4.07. The van der Waals surface area contributed by atoms with Crippen molar-refractivity contribution in [3.05, 3.63) is 41.5 Å². The maximum atomic E-state index is 6.26. The van der Waals surface area contributed by atoms with E-state index in [1.165, 1.54) is 44.1 Å². The second-order valence-electron chi connectivity index (χ2n) is 10.9. The van der Waals surface area contributed by atoms with Crippen molar-refractivity contribution >= 4 is 0 Å². The quantitative estimate of drug-likeness (QED) is 0.554. The lowest BCUT2D eigenvalue weighted by molar-refractivity contribution is -0.181. The van der Waals surface area contributed by atoms with E-state index in [1.54, 1.807) is 12.7 Å². The first-order chi connectivity index (χ1) is 14.6. The first-order valence-corrected chi connectivity index (χ1v) is 12.2. The first kappa shape index (κ1) is 19.4. The molecule has 4 fully saturated rings. The summed E-state index contributed by atoms with van der Waals surface area (Å²) in [5.41, 5.74) is 3.67. The minimum absolute atomic E-state index is 0.393. The molecular weight excluding hydrogens is 372 g/mol. The van der Waals surface area contributed by atoms with Gasteiger partial charge in [-0.1, -0.05) is 37.1 Å². The molecular formula is C27H36O3. The van der Waals surface area contributed by atoms with Gasteiger partial charge < -0.3 is 14.2 Å². The Morgan fingerprint density at radius 1 is 1.00 bits per heavy atom. The fourth-order valence-electron chi connectivity index (χ4n) is 8.28. The molecule has 3 heteroatoms. The molecule has 0 N–H and O–H groups in total. The molecule has 1 aliphatic heterocycles. The van der Waals surface area contributed by atoms with E-state index in [4.69, 9.17) is 14.2 Å². The van der Waals surface area contributed by atoms with Crippen LogP contribution in [0.3, 0.4) is 0 Å². The predicted octanol–water partition coefficient (Wildman–Crippen LogP) is 6.09. The third-order valence-electron chi connectivity index (χ3n) is 9.61. The van der Waals surface area contributed by atoms with Crippen LogP contribution >= 0.6 is 0 Å². The highest BCUT2D eigenvalue weighted by atomic mass is 16.7. The third kappa shape index (κ3) is 2.92. The Morgan fingerprint density at radius 2 is 1.80 bits per heavy atom. The molecule has 6 rings (SSSR count). The van der Waals surface area contributed by atoms with Crippen LogP contribution < -0.4 is 4.74 Å². The van der Waals surface area contributed by atoms with E-state index < -0.39 is 5.79 Å². The van der Waals surface area contributed by atoms with E-state index in [-0.39, 0.29) is 0 Å². The summed E-state index contributed by atoms with van der Waals surface area (Å²) >= 11 is 0. The Morgan fingerprint density at radius 3 is 2.57 bits per heavy atom. The van der Waals surface area contributed by atoms with E-state index in [0.717, 1.165) is 49.6 Å². The molecule has 1 spiro atoms. The summed E-state index contributed by atoms with van der Waals surface area (Å²) < 4.78 is 18.0. The minimum Gasteiger partial charge on any atom is -0.497 e. The lowest BCUT2D eigenvalue weighted by Crippen LogP contribution is -2.49. The van der Waals surface area contributed by atoms with Crippen molar-refractivity contribution in [3.63, 3.8) is 0 Å². The van der Waals surface area contributed by atoms with Crippen molar-refractivity contribution in [1.29, 1.82) is 0 Å². The van der Waals surface area contributed by atoms with Gasteiger partial charge in [0.15, 0.2) is 5.79 Å². The van der Waals surface area contributed by atoms with Crippen LogP contribution in [0.25, 0.3) is 0 Å². The van der Waals surface area contributed by atoms with Crippen LogP contribution in [0.15, 0.2) is 35.9 Å². The highest BCUT2D eigenvalue weighted by Crippen LogP contribution is 2.64. The standard InChI is InChI=1S/C27H36O3/c1-26-12-3-4-24(26)21-10-7-19-16-27(29-14-15-30-27)17-23(25(19)22(21)11-13-26)18-5-8-20(28-2)9-6-18/h5-9,21-25H,3-4,10-17H2,1-2H3/t21-,22+,23+,24+,25+,26+/m1/s1. The fraction of sp³-hybridized carbons (Fsp3) is 0.704. The molecule has 162 valence electrons. The Hall–Kier alpha value is -1.32. The Balaban J connectivity index is 1.39. The molecule has 4 aliphatic carbocycles.